The molecule has 0 aromatic heterocycles. The van der Waals surface area contributed by atoms with Crippen molar-refractivity contribution in [1.82, 2.24) is 0 Å². The number of anilines is 3. The summed E-state index contributed by atoms with van der Waals surface area (Å²) in [6.07, 6.45) is -0.468. The molecule has 8 nitrogen and oxygen atoms in total. The first-order valence-electron chi connectivity index (χ1n) is 20.1. The van der Waals surface area contributed by atoms with E-state index in [1.54, 1.807) is 31.4 Å². The number of carbonyl (C=O) groups excluding carboxylic acids is 2. The Labute approximate surface area is 348 Å². The van der Waals surface area contributed by atoms with Gasteiger partial charge in [-0.1, -0.05) is 0 Å². The predicted molar refractivity (Wildman–Crippen MR) is 231 cm³/mol. The van der Waals surface area contributed by atoms with Crippen molar-refractivity contribution in [2.24, 2.45) is 0 Å². The van der Waals surface area contributed by atoms with Crippen molar-refractivity contribution in [3.63, 3.8) is 0 Å². The summed E-state index contributed by atoms with van der Waals surface area (Å²) in [6, 6.07) is 24.1. The first kappa shape index (κ1) is 42.4. The zero-order chi connectivity index (χ0) is 41.3. The van der Waals surface area contributed by atoms with Crippen molar-refractivity contribution in [3.8, 4) is 17.2 Å². The van der Waals surface area contributed by atoms with E-state index in [1.165, 1.54) is 45.6 Å². The second kappa shape index (κ2) is 17.7. The third-order valence-electron chi connectivity index (χ3n) is 11.0. The van der Waals surface area contributed by atoms with Gasteiger partial charge < -0.3 is 0 Å². The van der Waals surface area contributed by atoms with Gasteiger partial charge in [-0.25, -0.2) is 0 Å². The summed E-state index contributed by atoms with van der Waals surface area (Å²) < 4.78 is 19.6. The number of hydrogen-bond acceptors (Lipinski definition) is 7. The van der Waals surface area contributed by atoms with Crippen LogP contribution >= 0.6 is 9.69 Å². The van der Waals surface area contributed by atoms with Crippen LogP contribution in [-0.4, -0.2) is 54.6 Å². The van der Waals surface area contributed by atoms with Gasteiger partial charge >= 0.3 is 350 Å². The van der Waals surface area contributed by atoms with E-state index in [2.05, 4.69) is 106 Å². The molecular formula is C47H58ClN3O5Ru. The second-order valence-corrected chi connectivity index (χ2v) is 20.6. The molecule has 2 heterocycles. The van der Waals surface area contributed by atoms with Crippen LogP contribution in [0.4, 0.5) is 17.1 Å². The van der Waals surface area contributed by atoms with E-state index in [-0.39, 0.29) is 10.3 Å². The molecule has 306 valence electrons. The summed E-state index contributed by atoms with van der Waals surface area (Å²) in [6.45, 7) is 21.7. The summed E-state index contributed by atoms with van der Waals surface area (Å²) in [5.41, 5.74) is 9.26. The van der Waals surface area contributed by atoms with Gasteiger partial charge in [0, 0.05) is 0 Å². The fraction of sp³-hybridized carbons (Fsp3) is 0.426. The zero-order valence-electron chi connectivity index (χ0n) is 35.2. The number of methoxy groups -OCH3 is 2. The molecule has 0 spiro atoms. The third kappa shape index (κ3) is 8.12. The summed E-state index contributed by atoms with van der Waals surface area (Å²) in [5.74, 6) is 1.68. The first-order chi connectivity index (χ1) is 27.2. The second-order valence-electron chi connectivity index (χ2n) is 16.0. The molecule has 0 aliphatic carbocycles. The maximum atomic E-state index is 14.4. The fourth-order valence-corrected chi connectivity index (χ4v) is 12.6. The number of nitrogens with zero attached hydrogens (tertiary/aromatic N) is 3. The average molecular weight is 882 g/mol. The van der Waals surface area contributed by atoms with Crippen LogP contribution in [0.15, 0.2) is 72.8 Å². The van der Waals surface area contributed by atoms with Gasteiger partial charge in [-0.2, -0.15) is 0 Å². The Balaban J connectivity index is 1.56. The van der Waals surface area contributed by atoms with Gasteiger partial charge in [0.05, 0.1) is 0 Å². The molecule has 0 saturated carbocycles. The van der Waals surface area contributed by atoms with Gasteiger partial charge in [-0.15, -0.1) is 0 Å². The van der Waals surface area contributed by atoms with Crippen molar-refractivity contribution < 1.29 is 38.3 Å². The van der Waals surface area contributed by atoms with E-state index in [0.29, 0.717) is 53.0 Å². The number of fused-ring (bicyclic) bond motifs is 1. The molecule has 0 bridgehead atoms. The molecule has 2 aliphatic rings. The van der Waals surface area contributed by atoms with E-state index in [4.69, 9.17) is 23.9 Å². The number of rotatable bonds is 12. The van der Waals surface area contributed by atoms with E-state index < -0.39 is 32.4 Å². The molecule has 0 radical (unpaired) electrons. The number of benzene rings is 4. The molecule has 57 heavy (non-hydrogen) atoms. The number of para-hydroxylation sites is 3. The van der Waals surface area contributed by atoms with Crippen molar-refractivity contribution in [2.75, 3.05) is 42.0 Å². The van der Waals surface area contributed by atoms with Crippen LogP contribution in [0.2, 0.25) is 0 Å². The predicted octanol–water partition coefficient (Wildman–Crippen LogP) is 10.8. The number of imide groups is 1. The van der Waals surface area contributed by atoms with Gasteiger partial charge in [0.2, 0.25) is 0 Å². The minimum atomic E-state index is -2.53. The molecule has 1 unspecified atom stereocenters. The molecule has 2 aliphatic heterocycles. The van der Waals surface area contributed by atoms with Gasteiger partial charge in [-0.05, 0) is 0 Å². The number of amides is 2. The summed E-state index contributed by atoms with van der Waals surface area (Å²) in [5, 5.41) is 0. The summed E-state index contributed by atoms with van der Waals surface area (Å²) in [7, 11) is 11.1. The van der Waals surface area contributed by atoms with Crippen LogP contribution in [0.25, 0.3) is 0 Å². The number of halogens is 1. The molecule has 1 saturated heterocycles. The summed E-state index contributed by atoms with van der Waals surface area (Å²) >= 11 is -2.53. The first-order valence-corrected chi connectivity index (χ1v) is 24.3. The van der Waals surface area contributed by atoms with Crippen LogP contribution in [0, 0.1) is 0 Å². The van der Waals surface area contributed by atoms with E-state index >= 15 is 0 Å². The van der Waals surface area contributed by atoms with Crippen molar-refractivity contribution in [2.45, 2.75) is 103 Å². The van der Waals surface area contributed by atoms with E-state index in [0.717, 1.165) is 18.7 Å². The monoisotopic (exact) mass is 881 g/mol. The minimum absolute atomic E-state index is 0.129. The van der Waals surface area contributed by atoms with Crippen LogP contribution in [0.5, 0.6) is 17.2 Å². The van der Waals surface area contributed by atoms with Gasteiger partial charge in [0.25, 0.3) is 0 Å². The van der Waals surface area contributed by atoms with Crippen LogP contribution in [-0.2, 0) is 19.3 Å². The van der Waals surface area contributed by atoms with Crippen molar-refractivity contribution >= 4 is 43.2 Å². The molecular weight excluding hydrogens is 823 g/mol. The van der Waals surface area contributed by atoms with Gasteiger partial charge in [0.15, 0.2) is 0 Å². The van der Waals surface area contributed by atoms with E-state index in [1.807, 2.05) is 19.1 Å². The number of ether oxygens (including phenoxy) is 3. The van der Waals surface area contributed by atoms with Gasteiger partial charge in [-0.3, -0.25) is 0 Å². The van der Waals surface area contributed by atoms with Gasteiger partial charge in [0.1, 0.15) is 0 Å². The fourth-order valence-electron chi connectivity index (χ4n) is 8.02. The maximum absolute atomic E-state index is 14.4. The molecule has 6 rings (SSSR count). The Bertz CT molecular complexity index is 2040. The van der Waals surface area contributed by atoms with Crippen molar-refractivity contribution in [1.29, 1.82) is 0 Å². The standard InChI is InChI=1S/C27H39N2.C20H19NO5.ClH.Ru/c1-18(2)22-11-9-12-23(19(3)4)26(22)28-15-16-29(17-28)27-24(20(5)6)13-10-14-25(27)21(7)8;1-5-16-20(23)21(15-8-6-7-12(2)18(15)26-16)19(22)14-10-9-13(24-3)11-17(14)25-4;;/h9-14,17-21H,15-16H2,1-8H3;2,6-11,16H,5H2,1,3-4H3;1H;/q;;;+1/p-1. The Morgan fingerprint density at radius 3 is 1.75 bits per heavy atom. The number of carbonyl (C=O) groups is 2. The van der Waals surface area contributed by atoms with Crippen LogP contribution in [0.3, 0.4) is 0 Å². The summed E-state index contributed by atoms with van der Waals surface area (Å²) in [4.78, 5) is 34.8. The van der Waals surface area contributed by atoms with Crippen LogP contribution in [0.1, 0.15) is 131 Å². The quantitative estimate of drug-likeness (QED) is 0.104. The molecule has 1 atom stereocenters. The molecule has 1 fully saturated rings. The SMILES string of the molecule is CCC1Oc2c([CH]=[Ru]([Cl])[CH]3N(c4c(C(C)C)cccc4C(C)C)CCN3c3c(C(C)C)cccc3C(C)C)cccc2N(C(=O)c2ccc(OC)cc2OC)C1=O. The average Bonchev–Trinajstić information content (AvgIpc) is 3.64. The Morgan fingerprint density at radius 1 is 0.789 bits per heavy atom. The molecule has 10 heteroatoms. The zero-order valence-corrected chi connectivity index (χ0v) is 37.7. The number of hydrogen-bond donors (Lipinski definition) is 0. The normalized spacial score (nSPS) is 16.9. The Hall–Kier alpha value is -4.20. The van der Waals surface area contributed by atoms with Crippen LogP contribution < -0.4 is 28.9 Å². The topological polar surface area (TPSA) is 71.6 Å². The Morgan fingerprint density at radius 2 is 1.30 bits per heavy atom. The molecule has 4 aromatic rings. The Kier molecular flexibility index (Phi) is 13.2. The molecule has 0 N–H and O–H groups in total. The van der Waals surface area contributed by atoms with E-state index in [9.17, 15) is 9.59 Å². The van der Waals surface area contributed by atoms with Crippen molar-refractivity contribution in [3.05, 3.63) is 106 Å². The molecule has 4 aromatic carbocycles. The third-order valence-corrected chi connectivity index (χ3v) is 15.2. The molecule has 2 amide bonds.